The Morgan fingerprint density at radius 1 is 0.825 bits per heavy atom. The first kappa shape index (κ1) is 26.8. The lowest BCUT2D eigenvalue weighted by Crippen LogP contribution is -2.59. The number of aromatic nitrogens is 2. The first-order valence-electron chi connectivity index (χ1n) is 13.6. The fraction of sp³-hybridized carbons (Fsp3) is 0.273. The van der Waals surface area contributed by atoms with Gasteiger partial charge in [0.25, 0.3) is 0 Å². The summed E-state index contributed by atoms with van der Waals surface area (Å²) >= 11 is 13.4. The highest BCUT2D eigenvalue weighted by molar-refractivity contribution is 6.33. The molecule has 1 aliphatic carbocycles. The molecule has 7 heteroatoms. The largest absolute Gasteiger partial charge is 0.352 e. The van der Waals surface area contributed by atoms with Gasteiger partial charge in [-0.3, -0.25) is 4.99 Å². The maximum absolute atomic E-state index is 6.78. The number of anilines is 2. The molecule has 40 heavy (non-hydrogen) atoms. The zero-order chi connectivity index (χ0) is 28.1. The van der Waals surface area contributed by atoms with E-state index >= 15 is 0 Å². The first-order valence-corrected chi connectivity index (χ1v) is 14.4. The Balaban J connectivity index is 1.64. The average molecular weight is 571 g/mol. The van der Waals surface area contributed by atoms with Gasteiger partial charge in [0.05, 0.1) is 60.9 Å². The molecule has 0 saturated carbocycles. The van der Waals surface area contributed by atoms with Crippen LogP contribution in [-0.2, 0) is 0 Å². The SMILES string of the molecule is CC1(C)CC(N=c2cc3n(-c4ccccc4Cl)c4ccccc4nc-3cc2Nc2ccccc2Cl)CC(C)(C)N1. The minimum Gasteiger partial charge on any atom is -0.352 e. The van der Waals surface area contributed by atoms with E-state index in [0.29, 0.717) is 10.0 Å². The highest BCUT2D eigenvalue weighted by Crippen LogP contribution is 2.35. The summed E-state index contributed by atoms with van der Waals surface area (Å²) in [7, 11) is 0. The maximum atomic E-state index is 6.78. The summed E-state index contributed by atoms with van der Waals surface area (Å²) in [6, 6.07) is 28.2. The Hall–Kier alpha value is -3.38. The minimum atomic E-state index is -0.0294. The monoisotopic (exact) mass is 569 g/mol. The van der Waals surface area contributed by atoms with Crippen LogP contribution >= 0.6 is 23.2 Å². The molecular formula is C33H33Cl2N5. The van der Waals surface area contributed by atoms with Crippen molar-refractivity contribution >= 4 is 45.6 Å². The van der Waals surface area contributed by atoms with E-state index in [0.717, 1.165) is 57.7 Å². The van der Waals surface area contributed by atoms with Gasteiger partial charge >= 0.3 is 0 Å². The van der Waals surface area contributed by atoms with Crippen LogP contribution in [-0.4, -0.2) is 26.7 Å². The maximum Gasteiger partial charge on any atom is 0.0900 e. The van der Waals surface area contributed by atoms with Crippen molar-refractivity contribution in [1.82, 2.24) is 14.9 Å². The van der Waals surface area contributed by atoms with Crippen LogP contribution in [0, 0.1) is 0 Å². The van der Waals surface area contributed by atoms with Crippen molar-refractivity contribution in [1.29, 1.82) is 0 Å². The fourth-order valence-electron chi connectivity index (χ4n) is 6.21. The van der Waals surface area contributed by atoms with Gasteiger partial charge in [0, 0.05) is 11.1 Å². The normalized spacial score (nSPS) is 17.4. The van der Waals surface area contributed by atoms with Crippen molar-refractivity contribution in [2.45, 2.75) is 57.7 Å². The summed E-state index contributed by atoms with van der Waals surface area (Å²) < 4.78 is 2.19. The first-order chi connectivity index (χ1) is 19.1. The van der Waals surface area contributed by atoms with E-state index in [2.05, 4.69) is 61.1 Å². The molecule has 1 saturated heterocycles. The molecule has 3 aliphatic rings. The molecule has 1 fully saturated rings. The molecule has 0 aromatic heterocycles. The number of nitrogens with zero attached hydrogens (tertiary/aromatic N) is 3. The molecule has 0 spiro atoms. The lowest BCUT2D eigenvalue weighted by atomic mass is 9.80. The third-order valence-electron chi connectivity index (χ3n) is 7.42. The molecule has 0 unspecified atom stereocenters. The van der Waals surface area contributed by atoms with Gasteiger partial charge in [-0.25, -0.2) is 4.98 Å². The molecule has 3 aromatic carbocycles. The molecule has 6 rings (SSSR count). The number of halogens is 2. The summed E-state index contributed by atoms with van der Waals surface area (Å²) in [4.78, 5) is 10.5. The Kier molecular flexibility index (Phi) is 6.86. The highest BCUT2D eigenvalue weighted by Gasteiger charge is 2.37. The average Bonchev–Trinajstić information content (AvgIpc) is 2.88. The molecule has 2 N–H and O–H groups in total. The van der Waals surface area contributed by atoms with Crippen LogP contribution in [0.1, 0.15) is 40.5 Å². The van der Waals surface area contributed by atoms with Gasteiger partial charge < -0.3 is 15.2 Å². The standard InChI is InChI=1S/C33H33Cl2N5/c1-32(2)19-21(20-33(3,4)39-32)36-27-18-31-28(17-26(27)37-24-13-7-5-11-22(24)34)38-25-14-8-10-16-30(25)40(31)29-15-9-6-12-23(29)35/h5-18,21,37,39H,19-20H2,1-4H3. The second-order valence-corrected chi connectivity index (χ2v) is 12.7. The number of benzene rings is 4. The Bertz CT molecular complexity index is 1740. The number of hydrogen-bond donors (Lipinski definition) is 2. The van der Waals surface area contributed by atoms with Crippen molar-refractivity contribution in [2.24, 2.45) is 4.99 Å². The fourth-order valence-corrected chi connectivity index (χ4v) is 6.61. The minimum absolute atomic E-state index is 0.0294. The molecule has 0 bridgehead atoms. The number of rotatable bonds is 4. The highest BCUT2D eigenvalue weighted by atomic mass is 35.5. The van der Waals surface area contributed by atoms with E-state index in [1.54, 1.807) is 0 Å². The van der Waals surface area contributed by atoms with Gasteiger partial charge in [-0.1, -0.05) is 59.6 Å². The van der Waals surface area contributed by atoms with E-state index < -0.39 is 0 Å². The van der Waals surface area contributed by atoms with Gasteiger partial charge in [0.2, 0.25) is 0 Å². The molecule has 2 aliphatic heterocycles. The van der Waals surface area contributed by atoms with Gasteiger partial charge in [0.15, 0.2) is 0 Å². The van der Waals surface area contributed by atoms with Crippen LogP contribution < -0.4 is 16.0 Å². The summed E-state index contributed by atoms with van der Waals surface area (Å²) in [5.41, 5.74) is 6.15. The number of para-hydroxylation sites is 4. The smallest absolute Gasteiger partial charge is 0.0900 e. The number of hydrogen-bond acceptors (Lipinski definition) is 4. The van der Waals surface area contributed by atoms with Crippen LogP contribution in [0.15, 0.2) is 89.9 Å². The molecule has 0 radical (unpaired) electrons. The third-order valence-corrected chi connectivity index (χ3v) is 8.07. The predicted octanol–water partition coefficient (Wildman–Crippen LogP) is 8.39. The van der Waals surface area contributed by atoms with Gasteiger partial charge in [-0.05, 0) is 89.1 Å². The van der Waals surface area contributed by atoms with Crippen LogP contribution in [0.2, 0.25) is 10.0 Å². The van der Waals surface area contributed by atoms with Gasteiger partial charge in [0.1, 0.15) is 0 Å². The lowest BCUT2D eigenvalue weighted by molar-refractivity contribution is 0.163. The lowest BCUT2D eigenvalue weighted by Gasteiger charge is -2.45. The quantitative estimate of drug-likeness (QED) is 0.214. The number of nitrogens with one attached hydrogen (secondary N) is 2. The van der Waals surface area contributed by atoms with Crippen LogP contribution in [0.3, 0.4) is 0 Å². The van der Waals surface area contributed by atoms with E-state index in [1.165, 1.54) is 0 Å². The van der Waals surface area contributed by atoms with Crippen molar-refractivity contribution in [3.05, 3.63) is 100 Å². The van der Waals surface area contributed by atoms with Crippen molar-refractivity contribution in [3.63, 3.8) is 0 Å². The van der Waals surface area contributed by atoms with Crippen molar-refractivity contribution < 1.29 is 0 Å². The van der Waals surface area contributed by atoms with E-state index in [9.17, 15) is 0 Å². The molecule has 5 nitrogen and oxygen atoms in total. The van der Waals surface area contributed by atoms with Crippen molar-refractivity contribution in [3.8, 4) is 17.1 Å². The van der Waals surface area contributed by atoms with Gasteiger partial charge in [-0.2, -0.15) is 0 Å². The van der Waals surface area contributed by atoms with Crippen molar-refractivity contribution in [2.75, 3.05) is 5.32 Å². The predicted molar refractivity (Wildman–Crippen MR) is 167 cm³/mol. The summed E-state index contributed by atoms with van der Waals surface area (Å²) in [5, 5.41) is 9.52. The summed E-state index contributed by atoms with van der Waals surface area (Å²) in [6.07, 6.45) is 1.86. The topological polar surface area (TPSA) is 54.2 Å². The molecule has 2 heterocycles. The molecular weight excluding hydrogens is 537 g/mol. The number of fused-ring (bicyclic) bond motifs is 2. The van der Waals surface area contributed by atoms with E-state index in [4.69, 9.17) is 33.2 Å². The zero-order valence-corrected chi connectivity index (χ0v) is 24.7. The van der Waals surface area contributed by atoms with Crippen LogP contribution in [0.5, 0.6) is 0 Å². The van der Waals surface area contributed by atoms with E-state index in [1.807, 2.05) is 66.7 Å². The van der Waals surface area contributed by atoms with Crippen LogP contribution in [0.4, 0.5) is 11.4 Å². The van der Waals surface area contributed by atoms with Gasteiger partial charge in [-0.15, -0.1) is 0 Å². The Morgan fingerprint density at radius 2 is 1.48 bits per heavy atom. The molecule has 0 atom stereocenters. The molecule has 3 aromatic rings. The number of piperidine rings is 1. The summed E-state index contributed by atoms with van der Waals surface area (Å²) in [6.45, 7) is 9.00. The second-order valence-electron chi connectivity index (χ2n) is 11.9. The molecule has 204 valence electrons. The zero-order valence-electron chi connectivity index (χ0n) is 23.2. The summed E-state index contributed by atoms with van der Waals surface area (Å²) in [5.74, 6) is 0. The van der Waals surface area contributed by atoms with Crippen LogP contribution in [0.25, 0.3) is 28.1 Å². The molecule has 0 amide bonds. The third kappa shape index (κ3) is 5.34. The second kappa shape index (κ2) is 10.2. The Morgan fingerprint density at radius 3 is 2.20 bits per heavy atom. The van der Waals surface area contributed by atoms with E-state index in [-0.39, 0.29) is 17.1 Å². The Labute approximate surface area is 245 Å².